The maximum atomic E-state index is 4.69. The van der Waals surface area contributed by atoms with Crippen LogP contribution in [0.15, 0.2) is 152 Å². The van der Waals surface area contributed by atoms with Gasteiger partial charge in [-0.25, -0.2) is 9.97 Å². The summed E-state index contributed by atoms with van der Waals surface area (Å²) in [5.41, 5.74) is 10.4. The molecular weight excluding hydrogens is 578 g/mol. The first-order chi connectivity index (χ1) is 23.1. The molecule has 0 bridgehead atoms. The number of anilines is 4. The number of benzene rings is 4. The summed E-state index contributed by atoms with van der Waals surface area (Å²) in [6, 6.07) is 43.9. The number of aromatic nitrogens is 5. The summed E-state index contributed by atoms with van der Waals surface area (Å²) in [5, 5.41) is 2.27. The monoisotopic (exact) mass is 609 g/mol. The lowest BCUT2D eigenvalue weighted by Crippen LogP contribution is -2.10. The van der Waals surface area contributed by atoms with Crippen LogP contribution in [0.4, 0.5) is 22.7 Å². The van der Waals surface area contributed by atoms with E-state index < -0.39 is 0 Å². The van der Waals surface area contributed by atoms with Crippen molar-refractivity contribution in [3.05, 3.63) is 152 Å². The fourth-order valence-electron chi connectivity index (χ4n) is 6.15. The van der Waals surface area contributed by atoms with Crippen molar-refractivity contribution in [2.24, 2.45) is 0 Å². The van der Waals surface area contributed by atoms with Gasteiger partial charge in [-0.05, 0) is 78.9 Å². The molecule has 0 fully saturated rings. The Hall–Kier alpha value is -6.34. The summed E-state index contributed by atoms with van der Waals surface area (Å²) in [5.74, 6) is 0.626. The highest BCUT2D eigenvalue weighted by Gasteiger charge is 2.18. The number of nitrogens with zero attached hydrogens (tertiary/aromatic N) is 7. The minimum atomic E-state index is 0.626. The Balaban J connectivity index is 1.23. The van der Waals surface area contributed by atoms with Gasteiger partial charge in [0.1, 0.15) is 0 Å². The second-order valence-electron chi connectivity index (χ2n) is 11.4. The van der Waals surface area contributed by atoms with Crippen molar-refractivity contribution >= 4 is 44.6 Å². The van der Waals surface area contributed by atoms with Crippen molar-refractivity contribution in [2.45, 2.75) is 0 Å². The Morgan fingerprint density at radius 2 is 0.894 bits per heavy atom. The molecule has 0 aliphatic carbocycles. The molecule has 8 rings (SSSR count). The van der Waals surface area contributed by atoms with Crippen LogP contribution in [0, 0.1) is 0 Å². The third kappa shape index (κ3) is 5.23. The summed E-state index contributed by atoms with van der Waals surface area (Å²) in [4.78, 5) is 22.9. The zero-order valence-electron chi connectivity index (χ0n) is 26.1. The molecule has 8 aromatic rings. The third-order valence-electron chi connectivity index (χ3n) is 8.65. The Labute approximate surface area is 273 Å². The largest absolute Gasteiger partial charge is 0.345 e. The van der Waals surface area contributed by atoms with Crippen molar-refractivity contribution in [3.8, 4) is 28.5 Å². The molecule has 4 aromatic carbocycles. The van der Waals surface area contributed by atoms with Crippen molar-refractivity contribution in [1.82, 2.24) is 24.5 Å². The van der Waals surface area contributed by atoms with Crippen LogP contribution in [0.1, 0.15) is 0 Å². The van der Waals surface area contributed by atoms with E-state index in [1.54, 1.807) is 12.4 Å². The normalized spacial score (nSPS) is 11.2. The van der Waals surface area contributed by atoms with Gasteiger partial charge in [0.25, 0.3) is 0 Å². The lowest BCUT2D eigenvalue weighted by Gasteiger charge is -2.21. The molecule has 0 saturated heterocycles. The highest BCUT2D eigenvalue weighted by atomic mass is 15.2. The third-order valence-corrected chi connectivity index (χ3v) is 8.65. The van der Waals surface area contributed by atoms with Crippen LogP contribution in [0.25, 0.3) is 50.3 Å². The van der Waals surface area contributed by atoms with Crippen molar-refractivity contribution in [3.63, 3.8) is 0 Å². The smallest absolute Gasteiger partial charge is 0.234 e. The number of rotatable bonds is 7. The SMILES string of the molecule is CN(c1cccc(-c2ccccn2)c1)c1ccc2c3ccc(N(C)c4cccc(-c5ccccn5)c4)cc3n(-c3ncccn3)c2c1. The van der Waals surface area contributed by atoms with Gasteiger partial charge in [0.15, 0.2) is 0 Å². The van der Waals surface area contributed by atoms with Crippen LogP contribution >= 0.6 is 0 Å². The molecule has 0 aliphatic heterocycles. The van der Waals surface area contributed by atoms with Crippen LogP contribution in [0.3, 0.4) is 0 Å². The van der Waals surface area contributed by atoms with Gasteiger partial charge < -0.3 is 9.80 Å². The zero-order chi connectivity index (χ0) is 31.7. The summed E-state index contributed by atoms with van der Waals surface area (Å²) in [7, 11) is 4.19. The average Bonchev–Trinajstić information content (AvgIpc) is 3.48. The fraction of sp³-hybridized carbons (Fsp3) is 0.0500. The van der Waals surface area contributed by atoms with E-state index >= 15 is 0 Å². The van der Waals surface area contributed by atoms with Gasteiger partial charge in [-0.3, -0.25) is 14.5 Å². The van der Waals surface area contributed by atoms with E-state index in [0.29, 0.717) is 5.95 Å². The molecule has 0 radical (unpaired) electrons. The molecule has 0 amide bonds. The molecule has 4 heterocycles. The first-order valence-corrected chi connectivity index (χ1v) is 15.5. The van der Waals surface area contributed by atoms with E-state index in [-0.39, 0.29) is 0 Å². The van der Waals surface area contributed by atoms with Gasteiger partial charge in [-0.15, -0.1) is 0 Å². The van der Waals surface area contributed by atoms with Gasteiger partial charge in [-0.1, -0.05) is 48.5 Å². The molecule has 226 valence electrons. The molecular formula is C40H31N7. The molecule has 47 heavy (non-hydrogen) atoms. The van der Waals surface area contributed by atoms with Crippen LogP contribution in [-0.2, 0) is 0 Å². The van der Waals surface area contributed by atoms with E-state index in [1.165, 1.54) is 0 Å². The van der Waals surface area contributed by atoms with Gasteiger partial charge >= 0.3 is 0 Å². The first-order valence-electron chi connectivity index (χ1n) is 15.5. The molecule has 0 aliphatic rings. The minimum absolute atomic E-state index is 0.626. The number of pyridine rings is 2. The van der Waals surface area contributed by atoms with Gasteiger partial charge in [0.2, 0.25) is 5.95 Å². The minimum Gasteiger partial charge on any atom is -0.345 e. The van der Waals surface area contributed by atoms with Crippen molar-refractivity contribution in [2.75, 3.05) is 23.9 Å². The Bertz CT molecular complexity index is 2190. The van der Waals surface area contributed by atoms with Crippen LogP contribution in [-0.4, -0.2) is 38.6 Å². The first kappa shape index (κ1) is 28.2. The molecule has 0 spiro atoms. The zero-order valence-corrected chi connectivity index (χ0v) is 26.1. The molecule has 0 N–H and O–H groups in total. The summed E-state index contributed by atoms with van der Waals surface area (Å²) in [6.07, 6.45) is 7.23. The second-order valence-corrected chi connectivity index (χ2v) is 11.4. The maximum absolute atomic E-state index is 4.69. The Kier molecular flexibility index (Phi) is 7.11. The molecule has 7 nitrogen and oxygen atoms in total. The Morgan fingerprint density at radius 3 is 1.36 bits per heavy atom. The summed E-state index contributed by atoms with van der Waals surface area (Å²) >= 11 is 0. The molecule has 7 heteroatoms. The quantitative estimate of drug-likeness (QED) is 0.180. The van der Waals surface area contributed by atoms with E-state index in [2.05, 4.69) is 133 Å². The molecule has 0 saturated carbocycles. The van der Waals surface area contributed by atoms with E-state index in [1.807, 2.05) is 54.9 Å². The lowest BCUT2D eigenvalue weighted by molar-refractivity contribution is 0.987. The van der Waals surface area contributed by atoms with Crippen LogP contribution in [0.2, 0.25) is 0 Å². The molecule has 4 aromatic heterocycles. The van der Waals surface area contributed by atoms with E-state index in [0.717, 1.165) is 67.1 Å². The Morgan fingerprint density at radius 1 is 0.426 bits per heavy atom. The predicted octanol–water partition coefficient (Wildman–Crippen LogP) is 9.23. The summed E-state index contributed by atoms with van der Waals surface area (Å²) in [6.45, 7) is 0. The standard InChI is InChI=1S/C40H31N7/c1-45(30-12-7-10-28(24-30)36-14-3-5-20-41-36)32-16-18-34-35-19-17-33(27-39(35)47(38(34)26-32)40-43-22-9-23-44-40)46(2)31-13-8-11-29(25-31)37-15-4-6-21-42-37/h3-27H,1-2H3. The summed E-state index contributed by atoms with van der Waals surface area (Å²) < 4.78 is 2.16. The van der Waals surface area contributed by atoms with Crippen molar-refractivity contribution in [1.29, 1.82) is 0 Å². The molecule has 0 atom stereocenters. The van der Waals surface area contributed by atoms with Gasteiger partial charge in [0.05, 0.1) is 22.4 Å². The number of hydrogen-bond donors (Lipinski definition) is 0. The fourth-order valence-corrected chi connectivity index (χ4v) is 6.15. The van der Waals surface area contributed by atoms with E-state index in [9.17, 15) is 0 Å². The number of fused-ring (bicyclic) bond motifs is 3. The van der Waals surface area contributed by atoms with Gasteiger partial charge in [0, 0.05) is 83.5 Å². The average molecular weight is 610 g/mol. The molecule has 0 unspecified atom stereocenters. The highest BCUT2D eigenvalue weighted by molar-refractivity contribution is 6.11. The topological polar surface area (TPSA) is 63.0 Å². The van der Waals surface area contributed by atoms with E-state index in [4.69, 9.17) is 0 Å². The second kappa shape index (κ2) is 11.9. The predicted molar refractivity (Wildman–Crippen MR) is 192 cm³/mol. The van der Waals surface area contributed by atoms with Crippen molar-refractivity contribution < 1.29 is 0 Å². The lowest BCUT2D eigenvalue weighted by atomic mass is 10.1. The van der Waals surface area contributed by atoms with Crippen LogP contribution < -0.4 is 9.80 Å². The number of hydrogen-bond acceptors (Lipinski definition) is 6. The van der Waals surface area contributed by atoms with Crippen LogP contribution in [0.5, 0.6) is 0 Å². The maximum Gasteiger partial charge on any atom is 0.234 e. The van der Waals surface area contributed by atoms with Gasteiger partial charge in [-0.2, -0.15) is 0 Å². The highest BCUT2D eigenvalue weighted by Crippen LogP contribution is 2.38.